The van der Waals surface area contributed by atoms with Crippen molar-refractivity contribution >= 4 is 5.97 Å². The van der Waals surface area contributed by atoms with Gasteiger partial charge in [-0.15, -0.1) is 0 Å². The van der Waals surface area contributed by atoms with Crippen LogP contribution in [0, 0.1) is 0 Å². The SMILES string of the molecule is COC(=O)c1ccc(CN2CCO[C@H](Cc3cccc(OC)c3)C2)cc1. The number of esters is 1. The second kappa shape index (κ2) is 8.83. The Labute approximate surface area is 154 Å². The summed E-state index contributed by atoms with van der Waals surface area (Å²) in [5, 5.41) is 0. The van der Waals surface area contributed by atoms with Crippen LogP contribution in [0.2, 0.25) is 0 Å². The summed E-state index contributed by atoms with van der Waals surface area (Å²) in [7, 11) is 3.08. The molecule has 26 heavy (non-hydrogen) atoms. The van der Waals surface area contributed by atoms with Crippen molar-refractivity contribution in [2.24, 2.45) is 0 Å². The third kappa shape index (κ3) is 4.84. The molecule has 0 spiro atoms. The molecule has 0 unspecified atom stereocenters. The van der Waals surface area contributed by atoms with Crippen LogP contribution < -0.4 is 4.74 Å². The molecule has 1 heterocycles. The Bertz CT molecular complexity index is 729. The van der Waals surface area contributed by atoms with Crippen molar-refractivity contribution in [2.75, 3.05) is 33.9 Å². The fourth-order valence-corrected chi connectivity index (χ4v) is 3.23. The molecular formula is C21H25NO4. The molecule has 1 aliphatic heterocycles. The number of carbonyl (C=O) groups excluding carboxylic acids is 1. The van der Waals surface area contributed by atoms with E-state index in [0.29, 0.717) is 5.56 Å². The molecule has 5 heteroatoms. The lowest BCUT2D eigenvalue weighted by Gasteiger charge is -2.33. The molecule has 0 N–H and O–H groups in total. The Balaban J connectivity index is 1.57. The van der Waals surface area contributed by atoms with Gasteiger partial charge in [0, 0.05) is 26.1 Å². The van der Waals surface area contributed by atoms with Crippen molar-refractivity contribution in [3.63, 3.8) is 0 Å². The summed E-state index contributed by atoms with van der Waals surface area (Å²) in [4.78, 5) is 13.9. The summed E-state index contributed by atoms with van der Waals surface area (Å²) in [6.07, 6.45) is 1.04. The van der Waals surface area contributed by atoms with Crippen molar-refractivity contribution in [1.29, 1.82) is 0 Å². The second-order valence-electron chi connectivity index (χ2n) is 6.47. The summed E-state index contributed by atoms with van der Waals surface area (Å²) in [6.45, 7) is 3.37. The van der Waals surface area contributed by atoms with Crippen LogP contribution in [0.3, 0.4) is 0 Å². The molecule has 0 amide bonds. The van der Waals surface area contributed by atoms with Gasteiger partial charge in [-0.3, -0.25) is 4.90 Å². The Hall–Kier alpha value is -2.37. The van der Waals surface area contributed by atoms with E-state index in [0.717, 1.165) is 38.4 Å². The van der Waals surface area contributed by atoms with Crippen LogP contribution in [0.4, 0.5) is 0 Å². The fourth-order valence-electron chi connectivity index (χ4n) is 3.23. The van der Waals surface area contributed by atoms with E-state index in [-0.39, 0.29) is 12.1 Å². The van der Waals surface area contributed by atoms with Crippen LogP contribution in [-0.4, -0.2) is 50.9 Å². The first kappa shape index (κ1) is 18.4. The van der Waals surface area contributed by atoms with E-state index >= 15 is 0 Å². The van der Waals surface area contributed by atoms with Crippen molar-refractivity contribution < 1.29 is 19.0 Å². The lowest BCUT2D eigenvalue weighted by Crippen LogP contribution is -2.42. The minimum Gasteiger partial charge on any atom is -0.497 e. The van der Waals surface area contributed by atoms with Gasteiger partial charge in [0.05, 0.1) is 32.5 Å². The van der Waals surface area contributed by atoms with Crippen molar-refractivity contribution in [2.45, 2.75) is 19.1 Å². The van der Waals surface area contributed by atoms with Crippen LogP contribution in [0.5, 0.6) is 5.75 Å². The molecule has 0 aliphatic carbocycles. The Morgan fingerprint density at radius 2 is 1.96 bits per heavy atom. The molecule has 2 aromatic rings. The minimum atomic E-state index is -0.304. The smallest absolute Gasteiger partial charge is 0.337 e. The van der Waals surface area contributed by atoms with Crippen LogP contribution >= 0.6 is 0 Å². The first-order valence-corrected chi connectivity index (χ1v) is 8.82. The minimum absolute atomic E-state index is 0.171. The average molecular weight is 355 g/mol. The summed E-state index contributed by atoms with van der Waals surface area (Å²) < 4.78 is 16.0. The Morgan fingerprint density at radius 1 is 1.15 bits per heavy atom. The summed E-state index contributed by atoms with van der Waals surface area (Å²) >= 11 is 0. The fraction of sp³-hybridized carbons (Fsp3) is 0.381. The molecule has 2 aromatic carbocycles. The first-order valence-electron chi connectivity index (χ1n) is 8.82. The highest BCUT2D eigenvalue weighted by atomic mass is 16.5. The summed E-state index contributed by atoms with van der Waals surface area (Å²) in [5.74, 6) is 0.571. The molecule has 1 atom stereocenters. The number of methoxy groups -OCH3 is 2. The average Bonchev–Trinajstić information content (AvgIpc) is 2.68. The maximum atomic E-state index is 11.5. The van der Waals surface area contributed by atoms with Gasteiger partial charge < -0.3 is 14.2 Å². The molecule has 1 saturated heterocycles. The third-order valence-corrected chi connectivity index (χ3v) is 4.60. The van der Waals surface area contributed by atoms with Gasteiger partial charge in [-0.05, 0) is 35.4 Å². The molecule has 0 radical (unpaired) electrons. The van der Waals surface area contributed by atoms with Gasteiger partial charge in [0.2, 0.25) is 0 Å². The summed E-state index contributed by atoms with van der Waals surface area (Å²) in [5.41, 5.74) is 2.98. The zero-order valence-corrected chi connectivity index (χ0v) is 15.3. The number of morpholine rings is 1. The van der Waals surface area contributed by atoms with Gasteiger partial charge in [0.1, 0.15) is 5.75 Å². The van der Waals surface area contributed by atoms with Gasteiger partial charge in [0.15, 0.2) is 0 Å². The van der Waals surface area contributed by atoms with Gasteiger partial charge >= 0.3 is 5.97 Å². The summed E-state index contributed by atoms with van der Waals surface area (Å²) in [6, 6.07) is 15.7. The number of benzene rings is 2. The molecule has 5 nitrogen and oxygen atoms in total. The van der Waals surface area contributed by atoms with Crippen molar-refractivity contribution in [3.05, 3.63) is 65.2 Å². The third-order valence-electron chi connectivity index (χ3n) is 4.60. The molecular weight excluding hydrogens is 330 g/mol. The number of ether oxygens (including phenoxy) is 3. The highest BCUT2D eigenvalue weighted by Crippen LogP contribution is 2.18. The van der Waals surface area contributed by atoms with Crippen LogP contribution in [-0.2, 0) is 22.4 Å². The predicted molar refractivity (Wildman–Crippen MR) is 99.5 cm³/mol. The van der Waals surface area contributed by atoms with Crippen LogP contribution in [0.1, 0.15) is 21.5 Å². The molecule has 1 fully saturated rings. The van der Waals surface area contributed by atoms with Gasteiger partial charge in [0.25, 0.3) is 0 Å². The van der Waals surface area contributed by atoms with E-state index in [1.54, 1.807) is 7.11 Å². The normalized spacial score (nSPS) is 17.7. The van der Waals surface area contributed by atoms with E-state index in [4.69, 9.17) is 14.2 Å². The van der Waals surface area contributed by atoms with Crippen LogP contribution in [0.25, 0.3) is 0 Å². The van der Waals surface area contributed by atoms with Crippen LogP contribution in [0.15, 0.2) is 48.5 Å². The number of rotatable bonds is 6. The van der Waals surface area contributed by atoms with Gasteiger partial charge in [-0.25, -0.2) is 4.79 Å². The number of nitrogens with zero attached hydrogens (tertiary/aromatic N) is 1. The number of carbonyl (C=O) groups is 1. The topological polar surface area (TPSA) is 48.0 Å². The Kier molecular flexibility index (Phi) is 6.26. The largest absolute Gasteiger partial charge is 0.497 e. The van der Waals surface area contributed by atoms with E-state index in [1.807, 2.05) is 36.4 Å². The van der Waals surface area contributed by atoms with Gasteiger partial charge in [-0.2, -0.15) is 0 Å². The van der Waals surface area contributed by atoms with E-state index in [1.165, 1.54) is 18.2 Å². The maximum absolute atomic E-state index is 11.5. The molecule has 0 saturated carbocycles. The molecule has 0 aromatic heterocycles. The monoisotopic (exact) mass is 355 g/mol. The highest BCUT2D eigenvalue weighted by Gasteiger charge is 2.21. The van der Waals surface area contributed by atoms with Crippen molar-refractivity contribution in [3.8, 4) is 5.75 Å². The molecule has 138 valence electrons. The van der Waals surface area contributed by atoms with Crippen molar-refractivity contribution in [1.82, 2.24) is 4.90 Å². The Morgan fingerprint density at radius 3 is 2.69 bits per heavy atom. The van der Waals surface area contributed by atoms with E-state index in [9.17, 15) is 4.79 Å². The molecule has 0 bridgehead atoms. The van der Waals surface area contributed by atoms with E-state index in [2.05, 4.69) is 17.0 Å². The first-order chi connectivity index (χ1) is 12.7. The van der Waals surface area contributed by atoms with E-state index < -0.39 is 0 Å². The predicted octanol–water partition coefficient (Wildman–Crippen LogP) is 2.93. The molecule has 1 aliphatic rings. The lowest BCUT2D eigenvalue weighted by molar-refractivity contribution is -0.0305. The quantitative estimate of drug-likeness (QED) is 0.746. The number of hydrogen-bond donors (Lipinski definition) is 0. The zero-order valence-electron chi connectivity index (χ0n) is 15.3. The highest BCUT2D eigenvalue weighted by molar-refractivity contribution is 5.89. The molecule has 3 rings (SSSR count). The second-order valence-corrected chi connectivity index (χ2v) is 6.47. The maximum Gasteiger partial charge on any atom is 0.337 e. The van der Waals surface area contributed by atoms with Gasteiger partial charge in [-0.1, -0.05) is 24.3 Å². The standard InChI is InChI=1S/C21H25NO4/c1-24-19-5-3-4-17(12-19)13-20-15-22(10-11-26-20)14-16-6-8-18(9-7-16)21(23)25-2/h3-9,12,20H,10-11,13-15H2,1-2H3/t20-/m1/s1. The number of hydrogen-bond acceptors (Lipinski definition) is 5. The zero-order chi connectivity index (χ0) is 18.4. The lowest BCUT2D eigenvalue weighted by atomic mass is 10.1.